The number of pyridine rings is 1. The van der Waals surface area contributed by atoms with Gasteiger partial charge in [0, 0.05) is 0 Å². The number of carbonyl (C=O) groups excluding carboxylic acids is 1. The third-order valence-corrected chi connectivity index (χ3v) is 4.87. The maximum atomic E-state index is 13.7. The zero-order chi connectivity index (χ0) is 20.4. The molecule has 0 aliphatic rings. The molecule has 0 saturated carbocycles. The van der Waals surface area contributed by atoms with Crippen molar-refractivity contribution in [2.75, 3.05) is 0 Å². The van der Waals surface area contributed by atoms with Crippen LogP contribution in [0.15, 0.2) is 95.8 Å². The molecule has 0 amide bonds. The lowest BCUT2D eigenvalue weighted by Gasteiger charge is -2.19. The highest BCUT2D eigenvalue weighted by Crippen LogP contribution is 2.27. The molecular formula is C24H17NO4. The minimum absolute atomic E-state index is 0.379. The maximum absolute atomic E-state index is 13.7. The van der Waals surface area contributed by atoms with E-state index in [9.17, 15) is 19.5 Å². The summed E-state index contributed by atoms with van der Waals surface area (Å²) in [5.41, 5.74) is 0.556. The van der Waals surface area contributed by atoms with Gasteiger partial charge in [-0.15, -0.1) is 0 Å². The predicted octanol–water partition coefficient (Wildman–Crippen LogP) is 4.17. The Morgan fingerprint density at radius 2 is 1.28 bits per heavy atom. The summed E-state index contributed by atoms with van der Waals surface area (Å²) < 4.78 is 0.990. The van der Waals surface area contributed by atoms with Gasteiger partial charge in [0.1, 0.15) is 5.56 Å². The van der Waals surface area contributed by atoms with Crippen molar-refractivity contribution >= 4 is 22.8 Å². The van der Waals surface area contributed by atoms with E-state index in [1.54, 1.807) is 24.3 Å². The van der Waals surface area contributed by atoms with Crippen LogP contribution < -0.4 is 5.56 Å². The summed E-state index contributed by atoms with van der Waals surface area (Å²) in [6, 6.07) is 26.4. The highest BCUT2D eigenvalue weighted by molar-refractivity contribution is 6.00. The molecule has 0 spiro atoms. The van der Waals surface area contributed by atoms with Gasteiger partial charge in [0.2, 0.25) is 5.91 Å². The second-order valence-corrected chi connectivity index (χ2v) is 6.66. The molecule has 0 radical (unpaired) electrons. The first-order valence-corrected chi connectivity index (χ1v) is 9.10. The van der Waals surface area contributed by atoms with Crippen molar-refractivity contribution < 1.29 is 14.7 Å². The van der Waals surface area contributed by atoms with Gasteiger partial charge in [-0.25, -0.2) is 9.36 Å². The number of para-hydroxylation sites is 1. The molecule has 142 valence electrons. The topological polar surface area (TPSA) is 76.4 Å². The lowest BCUT2D eigenvalue weighted by molar-refractivity contribution is 0.0694. The zero-order valence-electron chi connectivity index (χ0n) is 15.4. The van der Waals surface area contributed by atoms with Crippen LogP contribution in [0.1, 0.15) is 32.2 Å². The maximum Gasteiger partial charge on any atom is 0.341 e. The number of hydrogen-bond acceptors (Lipinski definition) is 3. The van der Waals surface area contributed by atoms with Crippen LogP contribution in [-0.4, -0.2) is 21.6 Å². The van der Waals surface area contributed by atoms with Gasteiger partial charge in [-0.3, -0.25) is 9.59 Å². The van der Waals surface area contributed by atoms with Crippen molar-refractivity contribution in [3.63, 3.8) is 0 Å². The van der Waals surface area contributed by atoms with Crippen LogP contribution in [0.5, 0.6) is 0 Å². The fourth-order valence-corrected chi connectivity index (χ4v) is 3.53. The molecule has 1 heterocycles. The van der Waals surface area contributed by atoms with Gasteiger partial charge in [-0.1, -0.05) is 78.9 Å². The number of benzene rings is 3. The Morgan fingerprint density at radius 3 is 1.83 bits per heavy atom. The van der Waals surface area contributed by atoms with Crippen LogP contribution >= 0.6 is 0 Å². The van der Waals surface area contributed by atoms with Crippen LogP contribution in [0.25, 0.3) is 10.9 Å². The molecule has 4 rings (SSSR count). The molecule has 0 atom stereocenters. The summed E-state index contributed by atoms with van der Waals surface area (Å²) in [6.07, 6.45) is 0. The molecule has 5 heteroatoms. The minimum Gasteiger partial charge on any atom is -0.477 e. The third-order valence-electron chi connectivity index (χ3n) is 4.87. The van der Waals surface area contributed by atoms with E-state index in [1.807, 2.05) is 60.7 Å². The number of fused-ring (bicyclic) bond motifs is 1. The summed E-state index contributed by atoms with van der Waals surface area (Å²) in [5, 5.41) is 9.99. The summed E-state index contributed by atoms with van der Waals surface area (Å²) in [5.74, 6) is -2.60. The van der Waals surface area contributed by atoms with E-state index in [2.05, 4.69) is 0 Å². The minimum atomic E-state index is -1.36. The lowest BCUT2D eigenvalue weighted by Crippen LogP contribution is -2.34. The zero-order valence-corrected chi connectivity index (χ0v) is 15.4. The summed E-state index contributed by atoms with van der Waals surface area (Å²) in [7, 11) is 0. The van der Waals surface area contributed by atoms with Gasteiger partial charge in [0.25, 0.3) is 5.56 Å². The molecule has 29 heavy (non-hydrogen) atoms. The second-order valence-electron chi connectivity index (χ2n) is 6.66. The Bertz CT molecular complexity index is 1220. The number of aromatic carboxylic acids is 1. The third kappa shape index (κ3) is 3.34. The van der Waals surface area contributed by atoms with E-state index in [-0.39, 0.29) is 0 Å². The smallest absolute Gasteiger partial charge is 0.341 e. The van der Waals surface area contributed by atoms with Crippen molar-refractivity contribution in [1.82, 2.24) is 4.57 Å². The average Bonchev–Trinajstić information content (AvgIpc) is 2.74. The number of carboxylic acids is 1. The summed E-state index contributed by atoms with van der Waals surface area (Å²) in [6.45, 7) is 0. The fraction of sp³-hybridized carbons (Fsp3) is 0.0417. The Labute approximate surface area is 166 Å². The molecule has 0 aliphatic heterocycles. The van der Waals surface area contributed by atoms with E-state index >= 15 is 0 Å². The van der Waals surface area contributed by atoms with Gasteiger partial charge in [0.05, 0.1) is 11.4 Å². The normalized spacial score (nSPS) is 10.9. The predicted molar refractivity (Wildman–Crippen MR) is 111 cm³/mol. The number of carboxylic acid groups (broad SMARTS) is 1. The average molecular weight is 383 g/mol. The quantitative estimate of drug-likeness (QED) is 0.574. The van der Waals surface area contributed by atoms with E-state index in [0.29, 0.717) is 10.9 Å². The van der Waals surface area contributed by atoms with Crippen LogP contribution in [0.2, 0.25) is 0 Å². The molecule has 0 aliphatic carbocycles. The second kappa shape index (κ2) is 7.56. The molecular weight excluding hydrogens is 366 g/mol. The van der Waals surface area contributed by atoms with Crippen molar-refractivity contribution in [1.29, 1.82) is 0 Å². The number of carbonyl (C=O) groups is 2. The first kappa shape index (κ1) is 18.4. The SMILES string of the molecule is O=C(O)c1cc2ccccc2n(C(=O)C(c2ccccc2)c2ccccc2)c1=O. The van der Waals surface area contributed by atoms with Gasteiger partial charge < -0.3 is 5.11 Å². The van der Waals surface area contributed by atoms with E-state index in [0.717, 1.165) is 15.7 Å². The number of hydrogen-bond donors (Lipinski definition) is 1. The summed E-state index contributed by atoms with van der Waals surface area (Å²) >= 11 is 0. The highest BCUT2D eigenvalue weighted by atomic mass is 16.4. The standard InChI is InChI=1S/C24H17NO4/c26-22-19(24(28)29)15-18-13-7-8-14-20(18)25(22)23(27)21(16-9-3-1-4-10-16)17-11-5-2-6-12-17/h1-15,21H,(H,28,29). The van der Waals surface area contributed by atoms with Crippen LogP contribution in [0.3, 0.4) is 0 Å². The molecule has 5 nitrogen and oxygen atoms in total. The van der Waals surface area contributed by atoms with Gasteiger partial charge in [-0.05, 0) is 28.6 Å². The Kier molecular flexibility index (Phi) is 4.79. The van der Waals surface area contributed by atoms with Crippen molar-refractivity contribution in [3.05, 3.63) is 118 Å². The Morgan fingerprint density at radius 1 is 0.759 bits per heavy atom. The first-order valence-electron chi connectivity index (χ1n) is 9.10. The van der Waals surface area contributed by atoms with Gasteiger partial charge >= 0.3 is 5.97 Å². The van der Waals surface area contributed by atoms with Crippen molar-refractivity contribution in [3.8, 4) is 0 Å². The van der Waals surface area contributed by atoms with E-state index in [4.69, 9.17) is 0 Å². The largest absolute Gasteiger partial charge is 0.477 e. The van der Waals surface area contributed by atoms with Crippen LogP contribution in [0.4, 0.5) is 0 Å². The van der Waals surface area contributed by atoms with Crippen LogP contribution in [-0.2, 0) is 0 Å². The van der Waals surface area contributed by atoms with Crippen molar-refractivity contribution in [2.24, 2.45) is 0 Å². The van der Waals surface area contributed by atoms with E-state index in [1.165, 1.54) is 6.07 Å². The first-order chi connectivity index (χ1) is 14.1. The molecule has 3 aromatic carbocycles. The molecule has 0 fully saturated rings. The molecule has 0 saturated heterocycles. The van der Waals surface area contributed by atoms with Crippen LogP contribution in [0, 0.1) is 0 Å². The van der Waals surface area contributed by atoms with Crippen molar-refractivity contribution in [2.45, 2.75) is 5.92 Å². The number of nitrogens with zero attached hydrogens (tertiary/aromatic N) is 1. The molecule has 0 unspecified atom stereocenters. The molecule has 4 aromatic rings. The number of aromatic nitrogens is 1. The molecule has 0 bridgehead atoms. The molecule has 1 aromatic heterocycles. The monoisotopic (exact) mass is 383 g/mol. The highest BCUT2D eigenvalue weighted by Gasteiger charge is 2.28. The van der Waals surface area contributed by atoms with Gasteiger partial charge in [0.15, 0.2) is 0 Å². The fourth-order valence-electron chi connectivity index (χ4n) is 3.53. The van der Waals surface area contributed by atoms with Gasteiger partial charge in [-0.2, -0.15) is 0 Å². The molecule has 1 N–H and O–H groups in total. The lowest BCUT2D eigenvalue weighted by atomic mass is 9.90. The number of rotatable bonds is 4. The summed E-state index contributed by atoms with van der Waals surface area (Å²) in [4.78, 5) is 38.3. The van der Waals surface area contributed by atoms with E-state index < -0.39 is 28.9 Å². The Hall–Kier alpha value is -3.99. The Balaban J connectivity index is 2.01.